The maximum Gasteiger partial charge on any atom is 0.257 e. The summed E-state index contributed by atoms with van der Waals surface area (Å²) in [4.78, 5) is 26.5. The number of nitrogens with one attached hydrogen (secondary N) is 2. The van der Waals surface area contributed by atoms with Crippen LogP contribution < -0.4 is 15.0 Å². The van der Waals surface area contributed by atoms with E-state index in [1.165, 1.54) is 24.3 Å². The molecule has 0 atom stereocenters. The molecule has 1 aromatic heterocycles. The number of thiazole rings is 1. The van der Waals surface area contributed by atoms with Gasteiger partial charge in [0.2, 0.25) is 0 Å². The Labute approximate surface area is 179 Å². The Kier molecular flexibility index (Phi) is 7.96. The van der Waals surface area contributed by atoms with Gasteiger partial charge in [0.15, 0.2) is 5.13 Å². The topological polar surface area (TPSA) is 149 Å². The molecule has 0 radical (unpaired) electrons. The van der Waals surface area contributed by atoms with Gasteiger partial charge in [0, 0.05) is 17.1 Å². The van der Waals surface area contributed by atoms with Crippen LogP contribution >= 0.6 is 11.3 Å². The molecule has 2 aromatic carbocycles. The number of carbonyl (C=O) groups excluding carboxylic acids is 2. The Morgan fingerprint density at radius 1 is 1.10 bits per heavy atom. The van der Waals surface area contributed by atoms with Crippen molar-refractivity contribution >= 4 is 52.5 Å². The number of hydrogen-bond donors (Lipinski definition) is 5. The third kappa shape index (κ3) is 6.85. The molecule has 0 saturated carbocycles. The average molecular weight is 493 g/mol. The van der Waals surface area contributed by atoms with Crippen molar-refractivity contribution in [2.24, 2.45) is 0 Å². The molecule has 30 heavy (non-hydrogen) atoms. The summed E-state index contributed by atoms with van der Waals surface area (Å²) in [6.45, 7) is 3.20. The maximum atomic E-state index is 11.8. The van der Waals surface area contributed by atoms with Gasteiger partial charge in [-0.25, -0.2) is 4.98 Å². The largest absolute Gasteiger partial charge is 0.298 e. The van der Waals surface area contributed by atoms with E-state index in [2.05, 4.69) is 15.6 Å². The van der Waals surface area contributed by atoms with Crippen molar-refractivity contribution in [2.75, 3.05) is 10.6 Å². The molecule has 3 rings (SSSR count). The fourth-order valence-electron chi connectivity index (χ4n) is 2.33. The zero-order chi connectivity index (χ0) is 22.3. The van der Waals surface area contributed by atoms with Crippen LogP contribution in [0.1, 0.15) is 22.8 Å². The molecule has 2 amide bonds. The SMILES string of the molecule is CC(=O)Nc1ccc([As](=O)(O)O)c(O)c1.Cc1ccccc1C(=O)Nc1nccs1. The molecule has 0 spiro atoms. The van der Waals surface area contributed by atoms with E-state index < -0.39 is 24.3 Å². The molecule has 9 nitrogen and oxygen atoms in total. The van der Waals surface area contributed by atoms with Gasteiger partial charge in [0.25, 0.3) is 5.91 Å². The van der Waals surface area contributed by atoms with Crippen LogP contribution in [0.2, 0.25) is 0 Å². The summed E-state index contributed by atoms with van der Waals surface area (Å²) in [5.74, 6) is -0.958. The van der Waals surface area contributed by atoms with Crippen LogP contribution in [-0.4, -0.2) is 44.3 Å². The van der Waals surface area contributed by atoms with E-state index in [4.69, 9.17) is 8.19 Å². The number of hydrogen-bond acceptors (Lipinski definition) is 6. The second-order valence-corrected chi connectivity index (χ2v) is 10.2. The predicted octanol–water partition coefficient (Wildman–Crippen LogP) is 1.62. The summed E-state index contributed by atoms with van der Waals surface area (Å²) in [5, 5.41) is 16.9. The fourth-order valence-corrected chi connectivity index (χ4v) is 4.18. The molecule has 0 aliphatic carbocycles. The Morgan fingerprint density at radius 2 is 1.80 bits per heavy atom. The molecule has 0 unspecified atom stereocenters. The zero-order valence-corrected chi connectivity index (χ0v) is 18.8. The number of aryl methyl sites for hydroxylation is 1. The van der Waals surface area contributed by atoms with E-state index in [0.717, 1.165) is 17.7 Å². The number of aromatic hydroxyl groups is 1. The molecule has 1 heterocycles. The summed E-state index contributed by atoms with van der Waals surface area (Å²) in [6.07, 6.45) is 1.66. The van der Waals surface area contributed by atoms with Gasteiger partial charge in [-0.05, 0) is 18.6 Å². The van der Waals surface area contributed by atoms with Crippen LogP contribution in [0.3, 0.4) is 0 Å². The number of aromatic nitrogens is 1. The van der Waals surface area contributed by atoms with Gasteiger partial charge in [0.1, 0.15) is 0 Å². The van der Waals surface area contributed by atoms with E-state index in [-0.39, 0.29) is 17.5 Å². The molecule has 0 bridgehead atoms. The molecule has 0 aliphatic heterocycles. The summed E-state index contributed by atoms with van der Waals surface area (Å²) in [7, 11) is 0. The number of rotatable bonds is 4. The van der Waals surface area contributed by atoms with Crippen LogP contribution in [0.15, 0.2) is 54.0 Å². The van der Waals surface area contributed by atoms with Crippen LogP contribution in [0.25, 0.3) is 0 Å². The Balaban J connectivity index is 0.000000214. The molecule has 0 saturated heterocycles. The van der Waals surface area contributed by atoms with Crippen molar-refractivity contribution in [1.29, 1.82) is 0 Å². The maximum absolute atomic E-state index is 11.8. The van der Waals surface area contributed by atoms with Crippen molar-refractivity contribution in [3.63, 3.8) is 0 Å². The zero-order valence-electron chi connectivity index (χ0n) is 16.1. The van der Waals surface area contributed by atoms with Crippen LogP contribution in [0.4, 0.5) is 10.8 Å². The van der Waals surface area contributed by atoms with Crippen LogP contribution in [-0.2, 0) is 8.53 Å². The number of carbonyl (C=O) groups is 2. The normalized spacial score (nSPS) is 10.5. The molecular weight excluding hydrogens is 473 g/mol. The summed E-state index contributed by atoms with van der Waals surface area (Å²) in [5.41, 5.74) is 1.94. The van der Waals surface area contributed by atoms with Gasteiger partial charge in [-0.15, -0.1) is 11.3 Å². The van der Waals surface area contributed by atoms with Crippen molar-refractivity contribution in [3.8, 4) is 5.75 Å². The average Bonchev–Trinajstić information content (AvgIpc) is 3.14. The Bertz CT molecular complexity index is 1080. The van der Waals surface area contributed by atoms with E-state index in [1.807, 2.05) is 30.5 Å². The molecule has 0 fully saturated rings. The predicted molar refractivity (Wildman–Crippen MR) is 114 cm³/mol. The first kappa shape index (κ1) is 23.4. The van der Waals surface area contributed by atoms with Gasteiger partial charge in [-0.2, -0.15) is 0 Å². The van der Waals surface area contributed by atoms with E-state index in [9.17, 15) is 18.4 Å². The Hall–Kier alpha value is -2.91. The first-order valence-corrected chi connectivity index (χ1v) is 12.8. The molecule has 158 valence electrons. The number of amides is 2. The molecule has 11 heteroatoms. The molecular formula is C19H20AsN3O6S. The van der Waals surface area contributed by atoms with Crippen LogP contribution in [0, 0.1) is 6.92 Å². The number of phenolic OH excluding ortho intramolecular Hbond substituents is 1. The number of nitrogens with zero attached hydrogens (tertiary/aromatic N) is 1. The van der Waals surface area contributed by atoms with E-state index >= 15 is 0 Å². The quantitative estimate of drug-likeness (QED) is 0.347. The molecule has 0 aliphatic rings. The van der Waals surface area contributed by atoms with E-state index in [1.54, 1.807) is 12.3 Å². The minimum absolute atomic E-state index is 0.108. The van der Waals surface area contributed by atoms with Gasteiger partial charge >= 0.3 is 88.1 Å². The molecule has 3 aromatic rings. The van der Waals surface area contributed by atoms with Crippen molar-refractivity contribution in [3.05, 3.63) is 65.2 Å². The van der Waals surface area contributed by atoms with Crippen LogP contribution in [0.5, 0.6) is 5.75 Å². The minimum Gasteiger partial charge on any atom is -0.298 e. The summed E-state index contributed by atoms with van der Waals surface area (Å²) >= 11 is -3.68. The van der Waals surface area contributed by atoms with Gasteiger partial charge in [-0.3, -0.25) is 10.1 Å². The molecule has 5 N–H and O–H groups in total. The Morgan fingerprint density at radius 3 is 2.33 bits per heavy atom. The van der Waals surface area contributed by atoms with E-state index in [0.29, 0.717) is 10.7 Å². The monoisotopic (exact) mass is 493 g/mol. The summed E-state index contributed by atoms with van der Waals surface area (Å²) in [6, 6.07) is 11.0. The number of anilines is 2. The smallest absolute Gasteiger partial charge is 0.257 e. The van der Waals surface area contributed by atoms with Crippen molar-refractivity contribution in [1.82, 2.24) is 4.98 Å². The summed E-state index contributed by atoms with van der Waals surface area (Å²) < 4.78 is 28.2. The second kappa shape index (κ2) is 10.2. The van der Waals surface area contributed by atoms with Gasteiger partial charge < -0.3 is 0 Å². The number of benzene rings is 2. The minimum atomic E-state index is -5.09. The van der Waals surface area contributed by atoms with Gasteiger partial charge in [-0.1, -0.05) is 18.2 Å². The second-order valence-electron chi connectivity index (χ2n) is 6.04. The van der Waals surface area contributed by atoms with Gasteiger partial charge in [0.05, 0.1) is 0 Å². The number of phenols is 1. The first-order valence-electron chi connectivity index (χ1n) is 8.51. The fraction of sp³-hybridized carbons (Fsp3) is 0.105. The van der Waals surface area contributed by atoms with Crippen molar-refractivity contribution in [2.45, 2.75) is 13.8 Å². The standard InChI is InChI=1S/C11H10N2OS.C8H10AsNO5/c1-8-4-2-3-5-9(8)10(14)13-11-12-6-7-15-11;1-5(11)10-6-2-3-7(8(12)4-6)9(13,14)15/h2-7H,1H3,(H,12,13,14);2-4,12H,1H3,(H,10,11)(H2,13,14,15). The third-order valence-corrected chi connectivity index (χ3v) is 6.45. The first-order chi connectivity index (χ1) is 14.1. The van der Waals surface area contributed by atoms with Crippen molar-refractivity contribution < 1.29 is 26.6 Å². The third-order valence-electron chi connectivity index (χ3n) is 3.65.